The normalized spacial score (nSPS) is 15.1. The molecule has 1 aliphatic heterocycles. The van der Waals surface area contributed by atoms with E-state index < -0.39 is 0 Å². The molecule has 0 aliphatic carbocycles. The van der Waals surface area contributed by atoms with Crippen LogP contribution in [0.15, 0.2) is 54.6 Å². The molecule has 0 fully saturated rings. The lowest BCUT2D eigenvalue weighted by molar-refractivity contribution is -0.118. The highest BCUT2D eigenvalue weighted by molar-refractivity contribution is 5.94. The van der Waals surface area contributed by atoms with Gasteiger partial charge in [-0.3, -0.25) is 4.79 Å². The van der Waals surface area contributed by atoms with E-state index in [2.05, 4.69) is 42.6 Å². The van der Waals surface area contributed by atoms with Gasteiger partial charge in [-0.15, -0.1) is 0 Å². The number of benzene rings is 2. The van der Waals surface area contributed by atoms with Gasteiger partial charge in [-0.2, -0.15) is 0 Å². The van der Waals surface area contributed by atoms with Gasteiger partial charge in [0.15, 0.2) is 0 Å². The number of para-hydroxylation sites is 1. The number of amides is 1. The minimum absolute atomic E-state index is 0.213. The van der Waals surface area contributed by atoms with E-state index in [-0.39, 0.29) is 11.9 Å². The summed E-state index contributed by atoms with van der Waals surface area (Å²) in [6.45, 7) is 3.67. The number of hydrogen-bond acceptors (Lipinski definition) is 2. The Balaban J connectivity index is 1.54. The van der Waals surface area contributed by atoms with E-state index in [1.54, 1.807) is 0 Å². The summed E-state index contributed by atoms with van der Waals surface area (Å²) in [5, 5.41) is 3.45. The number of carbonyl (C=O) groups excluding carboxylic acids is 1. The fourth-order valence-corrected chi connectivity index (χ4v) is 3.18. The second-order valence-corrected chi connectivity index (χ2v) is 6.11. The topological polar surface area (TPSA) is 32.3 Å². The van der Waals surface area contributed by atoms with Crippen LogP contribution in [0.5, 0.6) is 0 Å². The Morgan fingerprint density at radius 3 is 2.70 bits per heavy atom. The molecule has 0 bridgehead atoms. The summed E-state index contributed by atoms with van der Waals surface area (Å²) < 4.78 is 0. The summed E-state index contributed by atoms with van der Waals surface area (Å²) in [5.74, 6) is 0.213. The van der Waals surface area contributed by atoms with E-state index in [1.807, 2.05) is 29.2 Å². The minimum atomic E-state index is 0.213. The van der Waals surface area contributed by atoms with Crippen LogP contribution in [0, 0.1) is 0 Å². The van der Waals surface area contributed by atoms with E-state index in [9.17, 15) is 4.79 Å². The SMILES string of the molecule is CC(NCCC(=O)N1CCCc2ccccc21)c1ccccc1. The van der Waals surface area contributed by atoms with E-state index in [1.165, 1.54) is 11.1 Å². The van der Waals surface area contributed by atoms with Gasteiger partial charge in [0.05, 0.1) is 0 Å². The molecule has 2 aromatic carbocycles. The number of fused-ring (bicyclic) bond motifs is 1. The van der Waals surface area contributed by atoms with Gasteiger partial charge in [-0.05, 0) is 37.0 Å². The van der Waals surface area contributed by atoms with Gasteiger partial charge in [0, 0.05) is 31.2 Å². The van der Waals surface area contributed by atoms with Crippen molar-refractivity contribution in [3.8, 4) is 0 Å². The Labute approximate surface area is 138 Å². The molecule has 1 aliphatic rings. The van der Waals surface area contributed by atoms with E-state index in [0.29, 0.717) is 13.0 Å². The number of aryl methyl sites for hydroxylation is 1. The first-order chi connectivity index (χ1) is 11.3. The molecule has 0 saturated heterocycles. The Kier molecular flexibility index (Phi) is 5.09. The predicted octanol–water partition coefficient (Wildman–Crippen LogP) is 3.71. The molecule has 0 aromatic heterocycles. The maximum atomic E-state index is 12.6. The average Bonchev–Trinajstić information content (AvgIpc) is 2.61. The van der Waals surface area contributed by atoms with Crippen molar-refractivity contribution in [1.82, 2.24) is 5.32 Å². The second-order valence-electron chi connectivity index (χ2n) is 6.11. The zero-order valence-corrected chi connectivity index (χ0v) is 13.7. The van der Waals surface area contributed by atoms with Gasteiger partial charge >= 0.3 is 0 Å². The van der Waals surface area contributed by atoms with E-state index in [0.717, 1.165) is 25.1 Å². The molecule has 1 atom stereocenters. The molecular weight excluding hydrogens is 284 g/mol. The molecule has 1 amide bonds. The highest BCUT2D eigenvalue weighted by Crippen LogP contribution is 2.27. The van der Waals surface area contributed by atoms with Crippen LogP contribution in [0.1, 0.15) is 36.9 Å². The summed E-state index contributed by atoms with van der Waals surface area (Å²) in [6.07, 6.45) is 2.66. The van der Waals surface area contributed by atoms with E-state index in [4.69, 9.17) is 0 Å². The van der Waals surface area contributed by atoms with Gasteiger partial charge in [0.1, 0.15) is 0 Å². The largest absolute Gasteiger partial charge is 0.312 e. The minimum Gasteiger partial charge on any atom is -0.312 e. The van der Waals surface area contributed by atoms with Crippen LogP contribution < -0.4 is 10.2 Å². The zero-order valence-electron chi connectivity index (χ0n) is 13.7. The molecule has 0 saturated carbocycles. The van der Waals surface area contributed by atoms with Crippen LogP contribution in [-0.4, -0.2) is 19.0 Å². The molecule has 1 unspecified atom stereocenters. The van der Waals surface area contributed by atoms with Crippen molar-refractivity contribution in [3.63, 3.8) is 0 Å². The molecule has 0 radical (unpaired) electrons. The number of nitrogens with one attached hydrogen (secondary N) is 1. The summed E-state index contributed by atoms with van der Waals surface area (Å²) in [7, 11) is 0. The van der Waals surface area contributed by atoms with Crippen molar-refractivity contribution < 1.29 is 4.79 Å². The first-order valence-corrected chi connectivity index (χ1v) is 8.42. The maximum Gasteiger partial charge on any atom is 0.228 e. The maximum absolute atomic E-state index is 12.6. The van der Waals surface area contributed by atoms with Crippen molar-refractivity contribution in [1.29, 1.82) is 0 Å². The first kappa shape index (κ1) is 15.8. The molecule has 3 nitrogen and oxygen atoms in total. The first-order valence-electron chi connectivity index (χ1n) is 8.42. The third-order valence-corrected chi connectivity index (χ3v) is 4.50. The third kappa shape index (κ3) is 3.80. The van der Waals surface area contributed by atoms with Gasteiger partial charge in [-0.1, -0.05) is 48.5 Å². The molecule has 1 heterocycles. The van der Waals surface area contributed by atoms with E-state index >= 15 is 0 Å². The lowest BCUT2D eigenvalue weighted by Gasteiger charge is -2.29. The molecule has 120 valence electrons. The molecule has 0 spiro atoms. The van der Waals surface area contributed by atoms with Gasteiger partial charge < -0.3 is 10.2 Å². The quantitative estimate of drug-likeness (QED) is 0.913. The van der Waals surface area contributed by atoms with Gasteiger partial charge in [-0.25, -0.2) is 0 Å². The highest BCUT2D eigenvalue weighted by atomic mass is 16.2. The van der Waals surface area contributed by atoms with Crippen LogP contribution in [-0.2, 0) is 11.2 Å². The smallest absolute Gasteiger partial charge is 0.228 e. The summed E-state index contributed by atoms with van der Waals surface area (Å²) in [5.41, 5.74) is 3.64. The van der Waals surface area contributed by atoms with Crippen molar-refractivity contribution in [2.75, 3.05) is 18.0 Å². The molecule has 1 N–H and O–H groups in total. The number of anilines is 1. The number of hydrogen-bond donors (Lipinski definition) is 1. The van der Waals surface area contributed by atoms with Crippen LogP contribution in [0.2, 0.25) is 0 Å². The van der Waals surface area contributed by atoms with Crippen LogP contribution in [0.25, 0.3) is 0 Å². The van der Waals surface area contributed by atoms with Crippen molar-refractivity contribution in [2.24, 2.45) is 0 Å². The van der Waals surface area contributed by atoms with Gasteiger partial charge in [0.25, 0.3) is 0 Å². The Bertz CT molecular complexity index is 654. The standard InChI is InChI=1S/C20H24N2O/c1-16(17-8-3-2-4-9-17)21-14-13-20(23)22-15-7-11-18-10-5-6-12-19(18)22/h2-6,8-10,12,16,21H,7,11,13-15H2,1H3. The lowest BCUT2D eigenvalue weighted by atomic mass is 10.0. The fourth-order valence-electron chi connectivity index (χ4n) is 3.18. The third-order valence-electron chi connectivity index (χ3n) is 4.50. The summed E-state index contributed by atoms with van der Waals surface area (Å²) >= 11 is 0. The number of nitrogens with zero attached hydrogens (tertiary/aromatic N) is 1. The van der Waals surface area contributed by atoms with Crippen LogP contribution >= 0.6 is 0 Å². The lowest BCUT2D eigenvalue weighted by Crippen LogP contribution is -2.37. The van der Waals surface area contributed by atoms with Crippen molar-refractivity contribution >= 4 is 11.6 Å². The number of carbonyl (C=O) groups is 1. The molecular formula is C20H24N2O. The number of rotatable bonds is 5. The highest BCUT2D eigenvalue weighted by Gasteiger charge is 2.21. The van der Waals surface area contributed by atoms with Crippen LogP contribution in [0.3, 0.4) is 0 Å². The van der Waals surface area contributed by atoms with Crippen LogP contribution in [0.4, 0.5) is 5.69 Å². The Hall–Kier alpha value is -2.13. The average molecular weight is 308 g/mol. The molecule has 23 heavy (non-hydrogen) atoms. The summed E-state index contributed by atoms with van der Waals surface area (Å²) in [4.78, 5) is 14.5. The molecule has 3 rings (SSSR count). The fraction of sp³-hybridized carbons (Fsp3) is 0.350. The predicted molar refractivity (Wildman–Crippen MR) is 94.6 cm³/mol. The van der Waals surface area contributed by atoms with Crippen molar-refractivity contribution in [2.45, 2.75) is 32.2 Å². The monoisotopic (exact) mass is 308 g/mol. The summed E-state index contributed by atoms with van der Waals surface area (Å²) in [6, 6.07) is 18.9. The van der Waals surface area contributed by atoms with Crippen molar-refractivity contribution in [3.05, 3.63) is 65.7 Å². The Morgan fingerprint density at radius 2 is 1.87 bits per heavy atom. The molecule has 2 aromatic rings. The second kappa shape index (κ2) is 7.42. The molecule has 3 heteroatoms. The Morgan fingerprint density at radius 1 is 1.13 bits per heavy atom. The zero-order chi connectivity index (χ0) is 16.1. The van der Waals surface area contributed by atoms with Gasteiger partial charge in [0.2, 0.25) is 5.91 Å².